The average molecular weight is 461 g/mol. The third-order valence-electron chi connectivity index (χ3n) is 5.11. The van der Waals surface area contributed by atoms with Crippen LogP contribution in [-0.2, 0) is 13.0 Å². The van der Waals surface area contributed by atoms with Crippen molar-refractivity contribution >= 4 is 17.5 Å². The molecular formula is C25H24N4O3S. The van der Waals surface area contributed by atoms with Crippen LogP contribution in [0, 0.1) is 0 Å². The van der Waals surface area contributed by atoms with Gasteiger partial charge in [0.15, 0.2) is 5.78 Å². The summed E-state index contributed by atoms with van der Waals surface area (Å²) in [5.74, 6) is 1.00. The summed E-state index contributed by atoms with van der Waals surface area (Å²) in [5, 5.41) is 24.9. The SMILES string of the molecule is CCCc1c(OCc2cccc(Sc3ccccc3-c3nn[nH]n3)c2)ccc(C(C)=O)c1O. The van der Waals surface area contributed by atoms with Gasteiger partial charge in [-0.3, -0.25) is 4.79 Å². The van der Waals surface area contributed by atoms with Crippen molar-refractivity contribution in [2.75, 3.05) is 0 Å². The van der Waals surface area contributed by atoms with Crippen LogP contribution in [-0.4, -0.2) is 31.5 Å². The van der Waals surface area contributed by atoms with E-state index in [4.69, 9.17) is 4.74 Å². The predicted octanol–water partition coefficient (Wildman–Crippen LogP) is 5.46. The molecule has 0 aliphatic rings. The Balaban J connectivity index is 1.53. The van der Waals surface area contributed by atoms with Crippen molar-refractivity contribution in [3.8, 4) is 22.9 Å². The van der Waals surface area contributed by atoms with Gasteiger partial charge in [-0.25, -0.2) is 0 Å². The minimum Gasteiger partial charge on any atom is -0.507 e. The number of ketones is 1. The molecular weight excluding hydrogens is 436 g/mol. The molecule has 168 valence electrons. The molecule has 0 aliphatic carbocycles. The van der Waals surface area contributed by atoms with Gasteiger partial charge >= 0.3 is 0 Å². The Bertz CT molecular complexity index is 1260. The van der Waals surface area contributed by atoms with Crippen molar-refractivity contribution in [1.82, 2.24) is 20.6 Å². The summed E-state index contributed by atoms with van der Waals surface area (Å²) in [5.41, 5.74) is 2.90. The quantitative estimate of drug-likeness (QED) is 0.320. The van der Waals surface area contributed by atoms with Crippen LogP contribution < -0.4 is 4.74 Å². The molecule has 4 aromatic rings. The molecule has 0 atom stereocenters. The molecule has 0 saturated carbocycles. The van der Waals surface area contributed by atoms with E-state index in [-0.39, 0.29) is 11.5 Å². The van der Waals surface area contributed by atoms with Crippen LogP contribution in [0.4, 0.5) is 0 Å². The first-order chi connectivity index (χ1) is 16.1. The van der Waals surface area contributed by atoms with Gasteiger partial charge in [0, 0.05) is 20.9 Å². The topological polar surface area (TPSA) is 101 Å². The molecule has 3 aromatic carbocycles. The summed E-state index contributed by atoms with van der Waals surface area (Å²) < 4.78 is 6.07. The van der Waals surface area contributed by atoms with Crippen LogP contribution >= 0.6 is 11.8 Å². The number of nitrogens with one attached hydrogen (secondary N) is 1. The first kappa shape index (κ1) is 22.5. The smallest absolute Gasteiger partial charge is 0.205 e. The van der Waals surface area contributed by atoms with Gasteiger partial charge in [0.25, 0.3) is 0 Å². The lowest BCUT2D eigenvalue weighted by Crippen LogP contribution is -2.02. The van der Waals surface area contributed by atoms with Gasteiger partial charge in [-0.15, -0.1) is 10.2 Å². The molecule has 0 aliphatic heterocycles. The van der Waals surface area contributed by atoms with Gasteiger partial charge in [0.05, 0.1) is 5.56 Å². The molecule has 4 rings (SSSR count). The van der Waals surface area contributed by atoms with E-state index < -0.39 is 0 Å². The Morgan fingerprint density at radius 3 is 2.73 bits per heavy atom. The number of rotatable bonds is 9. The lowest BCUT2D eigenvalue weighted by Gasteiger charge is -2.15. The highest BCUT2D eigenvalue weighted by Gasteiger charge is 2.16. The number of phenols is 1. The summed E-state index contributed by atoms with van der Waals surface area (Å²) in [6.45, 7) is 3.82. The molecule has 1 aromatic heterocycles. The Labute approximate surface area is 196 Å². The second-order valence-corrected chi connectivity index (χ2v) is 8.63. The molecule has 2 N–H and O–H groups in total. The Morgan fingerprint density at radius 2 is 1.97 bits per heavy atom. The first-order valence-corrected chi connectivity index (χ1v) is 11.5. The van der Waals surface area contributed by atoms with Crippen molar-refractivity contribution in [2.24, 2.45) is 0 Å². The van der Waals surface area contributed by atoms with E-state index >= 15 is 0 Å². The fourth-order valence-corrected chi connectivity index (χ4v) is 4.56. The Kier molecular flexibility index (Phi) is 7.04. The zero-order valence-electron chi connectivity index (χ0n) is 18.4. The van der Waals surface area contributed by atoms with Crippen molar-refractivity contribution < 1.29 is 14.6 Å². The molecule has 1 heterocycles. The molecule has 0 amide bonds. The van der Waals surface area contributed by atoms with Gasteiger partial charge in [0.2, 0.25) is 5.82 Å². The van der Waals surface area contributed by atoms with Crippen LogP contribution in [0.15, 0.2) is 70.5 Å². The second-order valence-electron chi connectivity index (χ2n) is 7.51. The van der Waals surface area contributed by atoms with Crippen LogP contribution in [0.5, 0.6) is 11.5 Å². The molecule has 8 heteroatoms. The average Bonchev–Trinajstić information content (AvgIpc) is 3.35. The molecule has 0 bridgehead atoms. The number of Topliss-reactive ketones (excluding diaryl/α,β-unsaturated/α-hetero) is 1. The van der Waals surface area contributed by atoms with Crippen LogP contribution in [0.3, 0.4) is 0 Å². The number of aromatic amines is 1. The molecule has 0 unspecified atom stereocenters. The fraction of sp³-hybridized carbons (Fsp3) is 0.200. The largest absolute Gasteiger partial charge is 0.507 e. The minimum atomic E-state index is -0.165. The van der Waals surface area contributed by atoms with E-state index in [1.54, 1.807) is 23.9 Å². The van der Waals surface area contributed by atoms with Gasteiger partial charge in [-0.1, -0.05) is 49.4 Å². The summed E-state index contributed by atoms with van der Waals surface area (Å²) in [6.07, 6.45) is 1.46. The van der Waals surface area contributed by atoms with Crippen LogP contribution in [0.2, 0.25) is 0 Å². The van der Waals surface area contributed by atoms with Crippen molar-refractivity contribution in [1.29, 1.82) is 0 Å². The van der Waals surface area contributed by atoms with E-state index in [1.807, 2.05) is 49.4 Å². The lowest BCUT2D eigenvalue weighted by atomic mass is 10.0. The van der Waals surface area contributed by atoms with E-state index in [1.165, 1.54) is 6.92 Å². The molecule has 0 radical (unpaired) electrons. The van der Waals surface area contributed by atoms with Gasteiger partial charge < -0.3 is 9.84 Å². The zero-order valence-corrected chi connectivity index (χ0v) is 19.2. The maximum atomic E-state index is 11.8. The number of ether oxygens (including phenoxy) is 1. The standard InChI is InChI=1S/C25H24N4O3S/c1-3-7-20-22(13-12-19(16(2)30)24(20)31)32-15-17-8-6-9-18(14-17)33-23-11-5-4-10-21(23)25-26-28-29-27-25/h4-6,8-14,31H,3,7,15H2,1-2H3,(H,26,27,28,29). The number of phenolic OH excluding ortho intramolecular Hbond substituents is 1. The number of nitrogens with zero attached hydrogens (tertiary/aromatic N) is 3. The number of aromatic nitrogens is 4. The minimum absolute atomic E-state index is 0.0178. The Hall–Kier alpha value is -3.65. The normalized spacial score (nSPS) is 10.8. The van der Waals surface area contributed by atoms with Crippen LogP contribution in [0.25, 0.3) is 11.4 Å². The number of hydrogen-bond donors (Lipinski definition) is 2. The molecule has 7 nitrogen and oxygen atoms in total. The third kappa shape index (κ3) is 5.23. The number of aromatic hydroxyl groups is 1. The summed E-state index contributed by atoms with van der Waals surface area (Å²) in [4.78, 5) is 13.9. The maximum Gasteiger partial charge on any atom is 0.205 e. The van der Waals surface area contributed by atoms with Crippen molar-refractivity contribution in [3.63, 3.8) is 0 Å². The summed E-state index contributed by atoms with van der Waals surface area (Å²) in [6, 6.07) is 19.4. The van der Waals surface area contributed by atoms with Crippen molar-refractivity contribution in [2.45, 2.75) is 43.1 Å². The first-order valence-electron chi connectivity index (χ1n) is 10.6. The van der Waals surface area contributed by atoms with Crippen LogP contribution in [0.1, 0.15) is 41.8 Å². The van der Waals surface area contributed by atoms with E-state index in [2.05, 4.69) is 26.7 Å². The molecule has 0 fully saturated rings. The lowest BCUT2D eigenvalue weighted by molar-refractivity contribution is 0.101. The second kappa shape index (κ2) is 10.3. The van der Waals surface area contributed by atoms with Gasteiger partial charge in [-0.2, -0.15) is 5.21 Å². The van der Waals surface area contributed by atoms with E-state index in [0.717, 1.165) is 27.3 Å². The highest BCUT2D eigenvalue weighted by molar-refractivity contribution is 7.99. The third-order valence-corrected chi connectivity index (χ3v) is 6.18. The highest BCUT2D eigenvalue weighted by Crippen LogP contribution is 2.36. The van der Waals surface area contributed by atoms with Gasteiger partial charge in [0.1, 0.15) is 18.1 Å². The van der Waals surface area contributed by atoms with Gasteiger partial charge in [-0.05, 0) is 60.5 Å². The Morgan fingerprint density at radius 1 is 1.12 bits per heavy atom. The number of benzene rings is 3. The summed E-state index contributed by atoms with van der Waals surface area (Å²) >= 11 is 1.61. The molecule has 0 saturated heterocycles. The fourth-order valence-electron chi connectivity index (χ4n) is 3.53. The number of tetrazole rings is 1. The van der Waals surface area contributed by atoms with Crippen molar-refractivity contribution in [3.05, 3.63) is 77.4 Å². The number of carbonyl (C=O) groups excluding carboxylic acids is 1. The van der Waals surface area contributed by atoms with E-state index in [0.29, 0.717) is 35.7 Å². The van der Waals surface area contributed by atoms with E-state index in [9.17, 15) is 9.90 Å². The molecule has 0 spiro atoms. The monoisotopic (exact) mass is 460 g/mol. The number of H-pyrrole nitrogens is 1. The number of hydrogen-bond acceptors (Lipinski definition) is 7. The summed E-state index contributed by atoms with van der Waals surface area (Å²) in [7, 11) is 0. The highest BCUT2D eigenvalue weighted by atomic mass is 32.2. The molecule has 33 heavy (non-hydrogen) atoms. The predicted molar refractivity (Wildman–Crippen MR) is 127 cm³/mol. The number of carbonyl (C=O) groups is 1. The maximum absolute atomic E-state index is 11.8. The zero-order chi connectivity index (χ0) is 23.2.